The molecule has 6 nitrogen and oxygen atoms in total. The molecule has 25 heavy (non-hydrogen) atoms. The first-order valence-electron chi connectivity index (χ1n) is 8.40. The van der Waals surface area contributed by atoms with E-state index >= 15 is 0 Å². The lowest BCUT2D eigenvalue weighted by Crippen LogP contribution is -2.42. The van der Waals surface area contributed by atoms with E-state index in [1.54, 1.807) is 17.5 Å². The van der Waals surface area contributed by atoms with E-state index in [-0.39, 0.29) is 10.1 Å². The Morgan fingerprint density at radius 3 is 2.88 bits per heavy atom. The smallest absolute Gasteiger partial charge is 0.253 e. The van der Waals surface area contributed by atoms with Gasteiger partial charge in [-0.1, -0.05) is 6.07 Å². The molecule has 1 aliphatic carbocycles. The van der Waals surface area contributed by atoms with Crippen molar-refractivity contribution in [1.29, 1.82) is 0 Å². The molecule has 4 rings (SSSR count). The van der Waals surface area contributed by atoms with E-state index < -0.39 is 16.1 Å². The number of aryl methyl sites for hydroxylation is 2. The monoisotopic (exact) mass is 397 g/mol. The van der Waals surface area contributed by atoms with Gasteiger partial charge in [-0.3, -0.25) is 4.79 Å². The second-order valence-corrected chi connectivity index (χ2v) is 10.4. The van der Waals surface area contributed by atoms with Crippen LogP contribution in [0.4, 0.5) is 5.13 Å². The Kier molecular flexibility index (Phi) is 4.65. The zero-order valence-electron chi connectivity index (χ0n) is 13.6. The Bertz CT molecular complexity index is 850. The number of thiophene rings is 1. The molecular weight excluding hydrogens is 378 g/mol. The molecule has 2 aromatic rings. The fraction of sp³-hybridized carbons (Fsp3) is 0.500. The van der Waals surface area contributed by atoms with Gasteiger partial charge in [-0.2, -0.15) is 4.31 Å². The molecule has 0 aromatic carbocycles. The van der Waals surface area contributed by atoms with Crippen LogP contribution < -0.4 is 5.32 Å². The summed E-state index contributed by atoms with van der Waals surface area (Å²) >= 11 is 2.70. The fourth-order valence-electron chi connectivity index (χ4n) is 3.41. The largest absolute Gasteiger partial charge is 0.301 e. The number of fused-ring (bicyclic) bond motifs is 1. The summed E-state index contributed by atoms with van der Waals surface area (Å²) < 4.78 is 27.2. The number of amides is 1. The molecule has 0 spiro atoms. The minimum Gasteiger partial charge on any atom is -0.301 e. The van der Waals surface area contributed by atoms with Gasteiger partial charge in [0.05, 0.1) is 5.69 Å². The molecule has 3 heterocycles. The summed E-state index contributed by atoms with van der Waals surface area (Å²) in [4.78, 5) is 18.5. The number of nitrogens with one attached hydrogen (secondary N) is 1. The minimum absolute atomic E-state index is 0.274. The van der Waals surface area contributed by atoms with Gasteiger partial charge in [-0.05, 0) is 50.0 Å². The predicted molar refractivity (Wildman–Crippen MR) is 98.6 cm³/mol. The summed E-state index contributed by atoms with van der Waals surface area (Å²) in [6, 6.07) is 2.64. The normalized spacial score (nSPS) is 21.2. The van der Waals surface area contributed by atoms with E-state index in [1.807, 2.05) is 0 Å². The molecule has 1 aliphatic heterocycles. The topological polar surface area (TPSA) is 79.4 Å². The first-order valence-corrected chi connectivity index (χ1v) is 11.5. The number of thiazole rings is 1. The van der Waals surface area contributed by atoms with Crippen molar-refractivity contribution in [3.8, 4) is 0 Å². The van der Waals surface area contributed by atoms with Gasteiger partial charge in [0.2, 0.25) is 5.91 Å². The molecule has 2 aliphatic rings. The fourth-order valence-corrected chi connectivity index (χ4v) is 7.24. The van der Waals surface area contributed by atoms with Crippen molar-refractivity contribution in [2.24, 2.45) is 0 Å². The lowest BCUT2D eigenvalue weighted by molar-refractivity contribution is -0.119. The van der Waals surface area contributed by atoms with Crippen molar-refractivity contribution < 1.29 is 13.2 Å². The number of rotatable bonds is 4. The summed E-state index contributed by atoms with van der Waals surface area (Å²) in [6.45, 7) is 0.382. The van der Waals surface area contributed by atoms with Crippen LogP contribution in [0.5, 0.6) is 0 Å². The van der Waals surface area contributed by atoms with E-state index in [2.05, 4.69) is 10.3 Å². The molecule has 1 amide bonds. The molecule has 0 radical (unpaired) electrons. The van der Waals surface area contributed by atoms with E-state index in [0.29, 0.717) is 24.5 Å². The van der Waals surface area contributed by atoms with E-state index in [9.17, 15) is 13.2 Å². The van der Waals surface area contributed by atoms with E-state index in [4.69, 9.17) is 0 Å². The Balaban J connectivity index is 1.52. The highest BCUT2D eigenvalue weighted by Crippen LogP contribution is 2.32. The third-order valence-corrected chi connectivity index (χ3v) is 8.99. The van der Waals surface area contributed by atoms with Crippen molar-refractivity contribution in [2.45, 2.75) is 48.8 Å². The molecular formula is C16H19N3O3S3. The molecule has 0 saturated carbocycles. The number of hydrogen-bond donors (Lipinski definition) is 1. The van der Waals surface area contributed by atoms with Gasteiger partial charge in [0, 0.05) is 11.4 Å². The Morgan fingerprint density at radius 2 is 2.12 bits per heavy atom. The molecule has 9 heteroatoms. The van der Waals surface area contributed by atoms with E-state index in [1.165, 1.54) is 31.9 Å². The zero-order valence-corrected chi connectivity index (χ0v) is 16.1. The van der Waals surface area contributed by atoms with Gasteiger partial charge in [0.1, 0.15) is 10.3 Å². The quantitative estimate of drug-likeness (QED) is 0.860. The maximum atomic E-state index is 12.8. The maximum Gasteiger partial charge on any atom is 0.253 e. The molecule has 1 atom stereocenters. The number of sulfonamides is 1. The van der Waals surface area contributed by atoms with E-state index in [0.717, 1.165) is 31.4 Å². The lowest BCUT2D eigenvalue weighted by Gasteiger charge is -2.22. The summed E-state index contributed by atoms with van der Waals surface area (Å²) in [5.74, 6) is -0.274. The molecule has 1 fully saturated rings. The molecule has 1 unspecified atom stereocenters. The molecule has 0 bridgehead atoms. The van der Waals surface area contributed by atoms with Crippen LogP contribution in [0.2, 0.25) is 0 Å². The second-order valence-electron chi connectivity index (χ2n) is 6.29. The van der Waals surface area contributed by atoms with Crippen LogP contribution in [-0.4, -0.2) is 36.2 Å². The van der Waals surface area contributed by atoms with Crippen molar-refractivity contribution in [3.05, 3.63) is 28.1 Å². The minimum atomic E-state index is -3.61. The van der Waals surface area contributed by atoms with Gasteiger partial charge in [0.15, 0.2) is 5.13 Å². The zero-order chi connectivity index (χ0) is 17.4. The van der Waals surface area contributed by atoms with Crippen LogP contribution in [0, 0.1) is 0 Å². The summed E-state index contributed by atoms with van der Waals surface area (Å²) in [7, 11) is -3.61. The van der Waals surface area contributed by atoms with Crippen LogP contribution in [-0.2, 0) is 27.7 Å². The lowest BCUT2D eigenvalue weighted by atomic mass is 10.0. The number of hydrogen-bond acceptors (Lipinski definition) is 6. The Labute approximate surface area is 154 Å². The molecule has 2 aromatic heterocycles. The molecule has 134 valence electrons. The molecule has 1 saturated heterocycles. The number of nitrogens with zero attached hydrogens (tertiary/aromatic N) is 2. The summed E-state index contributed by atoms with van der Waals surface area (Å²) in [5, 5.41) is 5.18. The Morgan fingerprint density at radius 1 is 1.28 bits per heavy atom. The van der Waals surface area contributed by atoms with Gasteiger partial charge in [-0.25, -0.2) is 13.4 Å². The highest BCUT2D eigenvalue weighted by atomic mass is 32.2. The average Bonchev–Trinajstić information content (AvgIpc) is 3.33. The highest BCUT2D eigenvalue weighted by molar-refractivity contribution is 7.91. The SMILES string of the molecule is O=C(Nc1nc2c(s1)CCCC2)C1CCCN1S(=O)(=O)c1cccs1. The van der Waals surface area contributed by atoms with Gasteiger partial charge in [-0.15, -0.1) is 22.7 Å². The van der Waals surface area contributed by atoms with Gasteiger partial charge in [0.25, 0.3) is 10.0 Å². The van der Waals surface area contributed by atoms with Gasteiger partial charge < -0.3 is 5.32 Å². The average molecular weight is 398 g/mol. The van der Waals surface area contributed by atoms with Crippen LogP contribution in [0.15, 0.2) is 21.7 Å². The van der Waals surface area contributed by atoms with Crippen LogP contribution in [0.3, 0.4) is 0 Å². The second kappa shape index (κ2) is 6.79. The van der Waals surface area contributed by atoms with Crippen molar-refractivity contribution in [2.75, 3.05) is 11.9 Å². The predicted octanol–water partition coefficient (Wildman–Crippen LogP) is 2.88. The first kappa shape index (κ1) is 17.1. The third-order valence-electron chi connectivity index (χ3n) is 4.64. The van der Waals surface area contributed by atoms with Gasteiger partial charge >= 0.3 is 0 Å². The highest BCUT2D eigenvalue weighted by Gasteiger charge is 2.40. The number of aromatic nitrogens is 1. The maximum absolute atomic E-state index is 12.8. The Hall–Kier alpha value is -1.29. The van der Waals surface area contributed by atoms with Crippen molar-refractivity contribution in [3.63, 3.8) is 0 Å². The van der Waals surface area contributed by atoms with Crippen molar-refractivity contribution >= 4 is 43.7 Å². The third kappa shape index (κ3) is 3.25. The van der Waals surface area contributed by atoms with Crippen LogP contribution in [0.25, 0.3) is 0 Å². The number of carbonyl (C=O) groups is 1. The summed E-state index contributed by atoms with van der Waals surface area (Å²) in [5.41, 5.74) is 1.08. The van der Waals surface area contributed by atoms with Crippen molar-refractivity contribution in [1.82, 2.24) is 9.29 Å². The van der Waals surface area contributed by atoms with Crippen LogP contribution >= 0.6 is 22.7 Å². The number of anilines is 1. The standard InChI is InChI=1S/C16H19N3O3S3/c20-15(18-16-17-11-5-1-2-7-13(11)24-16)12-6-3-9-19(12)25(21,22)14-8-4-10-23-14/h4,8,10,12H,1-3,5-7,9H2,(H,17,18,20). The first-order chi connectivity index (χ1) is 12.1. The molecule has 1 N–H and O–H groups in total. The number of carbonyl (C=O) groups excluding carboxylic acids is 1. The van der Waals surface area contributed by atoms with Crippen LogP contribution in [0.1, 0.15) is 36.3 Å². The summed E-state index contributed by atoms with van der Waals surface area (Å²) in [6.07, 6.45) is 5.52.